The standard InChI is InChI=1S/C24H42N2O3PS/c1-4-6-8-10-11-12-16-22(27)29-20-30(3)18-14-15-21(19-30)23-24(26-31-25-23)28-17-13-9-7-5-2/h15H,4-14,16-20H2,1-3H3/q+1. The number of hydrogen-bond donors (Lipinski definition) is 0. The van der Waals surface area contributed by atoms with Crippen LogP contribution in [0.5, 0.6) is 5.88 Å². The maximum atomic E-state index is 12.2. The highest BCUT2D eigenvalue weighted by Crippen LogP contribution is 2.60. The second-order valence-corrected chi connectivity index (χ2v) is 13.8. The molecule has 5 nitrogen and oxygen atoms in total. The SMILES string of the molecule is CCCCCCCCC(=O)OC[P+]1(C)CCC=C(c2nsnc2OCCCCCC)C1. The topological polar surface area (TPSA) is 61.3 Å². The predicted octanol–water partition coefficient (Wildman–Crippen LogP) is 7.18. The summed E-state index contributed by atoms with van der Waals surface area (Å²) in [7, 11) is -1.36. The maximum Gasteiger partial charge on any atom is 0.308 e. The lowest BCUT2D eigenvalue weighted by atomic mass is 10.1. The first-order chi connectivity index (χ1) is 15.1. The largest absolute Gasteiger partial charge is 0.475 e. The van der Waals surface area contributed by atoms with Crippen molar-refractivity contribution in [3.8, 4) is 5.88 Å². The monoisotopic (exact) mass is 469 g/mol. The fourth-order valence-corrected chi connectivity index (χ4v) is 7.12. The Morgan fingerprint density at radius 3 is 2.52 bits per heavy atom. The number of hydrogen-bond acceptors (Lipinski definition) is 6. The average molecular weight is 470 g/mol. The highest BCUT2D eigenvalue weighted by molar-refractivity contribution is 7.75. The first kappa shape index (κ1) is 26.3. The molecule has 0 aromatic carbocycles. The molecule has 0 N–H and O–H groups in total. The highest BCUT2D eigenvalue weighted by atomic mass is 32.1. The second kappa shape index (κ2) is 14.9. The minimum atomic E-state index is -1.36. The van der Waals surface area contributed by atoms with Crippen molar-refractivity contribution in [1.29, 1.82) is 0 Å². The number of aromatic nitrogens is 2. The Morgan fingerprint density at radius 2 is 1.74 bits per heavy atom. The van der Waals surface area contributed by atoms with Gasteiger partial charge in [-0.15, -0.1) is 4.37 Å². The third kappa shape index (κ3) is 9.99. The molecule has 2 rings (SSSR count). The maximum absolute atomic E-state index is 12.2. The van der Waals surface area contributed by atoms with Crippen LogP contribution in [-0.4, -0.2) is 46.7 Å². The molecule has 7 heteroatoms. The number of ether oxygens (including phenoxy) is 2. The molecule has 0 bridgehead atoms. The molecular formula is C24H42N2O3PS+. The van der Waals surface area contributed by atoms with Crippen LogP contribution in [0.25, 0.3) is 5.57 Å². The van der Waals surface area contributed by atoms with Crippen molar-refractivity contribution in [3.63, 3.8) is 0 Å². The summed E-state index contributed by atoms with van der Waals surface area (Å²) in [5.41, 5.74) is 2.14. The molecule has 1 atom stereocenters. The minimum Gasteiger partial charge on any atom is -0.475 e. The Labute approximate surface area is 194 Å². The lowest BCUT2D eigenvalue weighted by Gasteiger charge is -2.26. The van der Waals surface area contributed by atoms with Crippen LogP contribution in [0, 0.1) is 0 Å². The molecule has 1 unspecified atom stereocenters. The zero-order valence-corrected chi connectivity index (χ0v) is 21.6. The molecule has 176 valence electrons. The number of rotatable bonds is 16. The molecule has 0 radical (unpaired) electrons. The van der Waals surface area contributed by atoms with Gasteiger partial charge in [-0.3, -0.25) is 4.79 Å². The van der Waals surface area contributed by atoms with Crippen LogP contribution in [-0.2, 0) is 9.53 Å². The predicted molar refractivity (Wildman–Crippen MR) is 134 cm³/mol. The van der Waals surface area contributed by atoms with E-state index in [4.69, 9.17) is 9.47 Å². The second-order valence-electron chi connectivity index (χ2n) is 9.01. The van der Waals surface area contributed by atoms with E-state index in [1.54, 1.807) is 0 Å². The summed E-state index contributed by atoms with van der Waals surface area (Å²) in [5, 5.41) is 0. The zero-order chi connectivity index (χ0) is 22.4. The van der Waals surface area contributed by atoms with E-state index in [-0.39, 0.29) is 5.97 Å². The zero-order valence-electron chi connectivity index (χ0n) is 19.9. The van der Waals surface area contributed by atoms with Crippen LogP contribution < -0.4 is 4.74 Å². The summed E-state index contributed by atoms with van der Waals surface area (Å²) >= 11 is 1.22. The van der Waals surface area contributed by atoms with Crippen molar-refractivity contribution in [2.24, 2.45) is 0 Å². The Hall–Kier alpha value is -1.00. The Kier molecular flexibility index (Phi) is 12.7. The number of carbonyl (C=O) groups excluding carboxylic acids is 1. The molecule has 0 saturated heterocycles. The minimum absolute atomic E-state index is 0.0285. The van der Waals surface area contributed by atoms with Gasteiger partial charge >= 0.3 is 5.97 Å². The van der Waals surface area contributed by atoms with Gasteiger partial charge in [0.05, 0.1) is 44.6 Å². The molecule has 0 fully saturated rings. The van der Waals surface area contributed by atoms with E-state index in [1.165, 1.54) is 62.2 Å². The average Bonchev–Trinajstić information content (AvgIpc) is 3.23. The van der Waals surface area contributed by atoms with E-state index < -0.39 is 7.26 Å². The summed E-state index contributed by atoms with van der Waals surface area (Å²) in [4.78, 5) is 12.2. The Bertz CT molecular complexity index is 680. The Balaban J connectivity index is 1.76. The molecule has 0 spiro atoms. The molecular weight excluding hydrogens is 427 g/mol. The van der Waals surface area contributed by atoms with Crippen molar-refractivity contribution in [2.75, 3.05) is 31.9 Å². The van der Waals surface area contributed by atoms with Crippen molar-refractivity contribution in [2.45, 2.75) is 90.9 Å². The van der Waals surface area contributed by atoms with E-state index in [9.17, 15) is 4.79 Å². The van der Waals surface area contributed by atoms with Crippen LogP contribution in [0.2, 0.25) is 0 Å². The van der Waals surface area contributed by atoms with Gasteiger partial charge in [-0.25, -0.2) is 0 Å². The number of esters is 1. The Morgan fingerprint density at radius 1 is 1.03 bits per heavy atom. The number of allylic oxidation sites excluding steroid dienone is 2. The van der Waals surface area contributed by atoms with Gasteiger partial charge in [-0.05, 0) is 19.3 Å². The molecule has 1 aliphatic heterocycles. The lowest BCUT2D eigenvalue weighted by molar-refractivity contribution is -0.141. The molecule has 31 heavy (non-hydrogen) atoms. The van der Waals surface area contributed by atoms with E-state index in [1.807, 2.05) is 0 Å². The van der Waals surface area contributed by atoms with Crippen LogP contribution >= 0.6 is 19.0 Å². The van der Waals surface area contributed by atoms with Gasteiger partial charge < -0.3 is 9.47 Å². The van der Waals surface area contributed by atoms with Crippen LogP contribution in [0.3, 0.4) is 0 Å². The summed E-state index contributed by atoms with van der Waals surface area (Å²) < 4.78 is 20.6. The molecule has 0 saturated carbocycles. The van der Waals surface area contributed by atoms with E-state index in [2.05, 4.69) is 35.3 Å². The molecule has 1 aliphatic rings. The number of carbonyl (C=O) groups is 1. The molecule has 2 heterocycles. The van der Waals surface area contributed by atoms with Gasteiger partial charge in [0.1, 0.15) is 5.69 Å². The fraction of sp³-hybridized carbons (Fsp3) is 0.792. The van der Waals surface area contributed by atoms with Crippen molar-refractivity contribution in [3.05, 3.63) is 11.8 Å². The summed E-state index contributed by atoms with van der Waals surface area (Å²) in [6.45, 7) is 7.46. The van der Waals surface area contributed by atoms with Crippen LogP contribution in [0.15, 0.2) is 6.08 Å². The van der Waals surface area contributed by atoms with Gasteiger partial charge in [0.15, 0.2) is 6.35 Å². The number of nitrogens with zero attached hydrogens (tertiary/aromatic N) is 2. The quantitative estimate of drug-likeness (QED) is 0.146. The van der Waals surface area contributed by atoms with Gasteiger partial charge in [-0.1, -0.05) is 71.3 Å². The van der Waals surface area contributed by atoms with E-state index in [0.717, 1.165) is 43.7 Å². The van der Waals surface area contributed by atoms with Crippen molar-refractivity contribution in [1.82, 2.24) is 8.75 Å². The van der Waals surface area contributed by atoms with Gasteiger partial charge in [0.2, 0.25) is 0 Å². The number of unbranched alkanes of at least 4 members (excludes halogenated alkanes) is 8. The van der Waals surface area contributed by atoms with Gasteiger partial charge in [0, 0.05) is 12.0 Å². The smallest absolute Gasteiger partial charge is 0.308 e. The molecule has 1 aromatic heterocycles. The first-order valence-corrected chi connectivity index (χ1v) is 15.7. The first-order valence-electron chi connectivity index (χ1n) is 12.2. The third-order valence-electron chi connectivity index (χ3n) is 5.88. The van der Waals surface area contributed by atoms with Crippen molar-refractivity contribution < 1.29 is 14.3 Å². The van der Waals surface area contributed by atoms with E-state index >= 15 is 0 Å². The lowest BCUT2D eigenvalue weighted by Crippen LogP contribution is -2.17. The highest BCUT2D eigenvalue weighted by Gasteiger charge is 2.38. The molecule has 0 aliphatic carbocycles. The fourth-order valence-electron chi connectivity index (χ4n) is 3.91. The van der Waals surface area contributed by atoms with Crippen molar-refractivity contribution >= 4 is 30.5 Å². The van der Waals surface area contributed by atoms with Gasteiger partial charge in [-0.2, -0.15) is 4.37 Å². The molecule has 0 amide bonds. The van der Waals surface area contributed by atoms with Crippen LogP contribution in [0.4, 0.5) is 0 Å². The normalized spacial score (nSPS) is 18.6. The molecule has 1 aromatic rings. The summed E-state index contributed by atoms with van der Waals surface area (Å²) in [6.07, 6.45) is 18.4. The van der Waals surface area contributed by atoms with Crippen LogP contribution in [0.1, 0.15) is 96.6 Å². The van der Waals surface area contributed by atoms with Gasteiger partial charge in [0.25, 0.3) is 5.88 Å². The summed E-state index contributed by atoms with van der Waals surface area (Å²) in [6, 6.07) is 0. The third-order valence-corrected chi connectivity index (χ3v) is 9.59. The van der Waals surface area contributed by atoms with E-state index in [0.29, 0.717) is 25.3 Å². The summed E-state index contributed by atoms with van der Waals surface area (Å²) in [5.74, 6) is 0.653.